The first-order valence-corrected chi connectivity index (χ1v) is 20.9. The smallest absolute Gasteiger partial charge is 0.0546 e. The fourth-order valence-electron chi connectivity index (χ4n) is 9.79. The summed E-state index contributed by atoms with van der Waals surface area (Å²) in [5, 5.41) is 4.99. The van der Waals surface area contributed by atoms with Crippen molar-refractivity contribution in [1.82, 2.24) is 0 Å². The van der Waals surface area contributed by atoms with Crippen LogP contribution in [0, 0.1) is 0 Å². The van der Waals surface area contributed by atoms with E-state index in [2.05, 4.69) is 243 Å². The Labute approximate surface area is 352 Å². The van der Waals surface area contributed by atoms with E-state index in [1.54, 1.807) is 0 Å². The predicted molar refractivity (Wildman–Crippen MR) is 255 cm³/mol. The highest BCUT2D eigenvalue weighted by Gasteiger charge is 2.36. The SMILES string of the molecule is CC1(C)c2ccccc2-c2ccc(N(c3ccccc3-c3ccccc3)c3cccc(-c4cc5ccccc5c5ccccc45)c3-c3cccc(-c4ccccc4)c3)cc21. The summed E-state index contributed by atoms with van der Waals surface area (Å²) in [6.07, 6.45) is 0. The van der Waals surface area contributed by atoms with Crippen LogP contribution in [0.4, 0.5) is 17.1 Å². The van der Waals surface area contributed by atoms with Gasteiger partial charge in [-0.1, -0.05) is 202 Å². The van der Waals surface area contributed by atoms with E-state index < -0.39 is 0 Å². The van der Waals surface area contributed by atoms with Gasteiger partial charge < -0.3 is 4.90 Å². The van der Waals surface area contributed by atoms with Gasteiger partial charge in [0.05, 0.1) is 11.4 Å². The molecule has 0 fully saturated rings. The molecule has 0 aromatic heterocycles. The number of hydrogen-bond acceptors (Lipinski definition) is 1. The lowest BCUT2D eigenvalue weighted by atomic mass is 9.82. The average Bonchev–Trinajstić information content (AvgIpc) is 3.54. The van der Waals surface area contributed by atoms with Gasteiger partial charge in [-0.2, -0.15) is 0 Å². The summed E-state index contributed by atoms with van der Waals surface area (Å²) in [5.74, 6) is 0. The van der Waals surface area contributed by atoms with E-state index in [1.807, 2.05) is 0 Å². The Morgan fingerprint density at radius 1 is 0.317 bits per heavy atom. The maximum absolute atomic E-state index is 2.53. The molecule has 0 radical (unpaired) electrons. The first-order chi connectivity index (χ1) is 29.5. The van der Waals surface area contributed by atoms with E-state index in [4.69, 9.17) is 0 Å². The van der Waals surface area contributed by atoms with Crippen LogP contribution in [0.25, 0.3) is 77.2 Å². The summed E-state index contributed by atoms with van der Waals surface area (Å²) in [6.45, 7) is 4.74. The second-order valence-corrected chi connectivity index (χ2v) is 16.5. The van der Waals surface area contributed by atoms with Gasteiger partial charge in [0.2, 0.25) is 0 Å². The van der Waals surface area contributed by atoms with Gasteiger partial charge in [0.25, 0.3) is 0 Å². The summed E-state index contributed by atoms with van der Waals surface area (Å²) in [6, 6.07) is 82.6. The van der Waals surface area contributed by atoms with Gasteiger partial charge in [0.1, 0.15) is 0 Å². The minimum absolute atomic E-state index is 0.161. The quantitative estimate of drug-likeness (QED) is 0.146. The van der Waals surface area contributed by atoms with Crippen molar-refractivity contribution in [2.75, 3.05) is 4.90 Å². The van der Waals surface area contributed by atoms with Crippen LogP contribution < -0.4 is 4.90 Å². The minimum Gasteiger partial charge on any atom is -0.309 e. The van der Waals surface area contributed by atoms with Crippen LogP contribution in [0.1, 0.15) is 25.0 Å². The molecule has 284 valence electrons. The van der Waals surface area contributed by atoms with Crippen molar-refractivity contribution in [3.63, 3.8) is 0 Å². The Kier molecular flexibility index (Phi) is 8.57. The molecule has 60 heavy (non-hydrogen) atoms. The molecule has 0 aliphatic heterocycles. The van der Waals surface area contributed by atoms with Crippen molar-refractivity contribution in [2.24, 2.45) is 0 Å². The largest absolute Gasteiger partial charge is 0.309 e. The van der Waals surface area contributed by atoms with E-state index in [9.17, 15) is 0 Å². The third-order valence-corrected chi connectivity index (χ3v) is 12.7. The molecule has 0 saturated heterocycles. The number of nitrogens with zero attached hydrogens (tertiary/aromatic N) is 1. The second-order valence-electron chi connectivity index (χ2n) is 16.5. The summed E-state index contributed by atoms with van der Waals surface area (Å²) < 4.78 is 0. The van der Waals surface area contributed by atoms with Crippen molar-refractivity contribution < 1.29 is 0 Å². The highest BCUT2D eigenvalue weighted by Crippen LogP contribution is 2.53. The van der Waals surface area contributed by atoms with Gasteiger partial charge in [-0.15, -0.1) is 0 Å². The van der Waals surface area contributed by atoms with Gasteiger partial charge in [0, 0.05) is 22.2 Å². The average molecular weight is 766 g/mol. The second kappa shape index (κ2) is 14.4. The standard InChI is InChI=1S/C59H43N/c1-59(2)54-32-15-13-30-50(54)51-36-35-45(39-55(51)59)60(56-33-16-14-27-47(56)41-21-7-4-8-22-41)57-34-18-31-52(58(57)44-25-17-24-42(37-44)40-19-5-3-6-20-40)53-38-43-23-9-10-26-46(43)48-28-11-12-29-49(48)53/h3-39H,1-2H3. The molecule has 0 spiro atoms. The Balaban J connectivity index is 1.25. The number of rotatable bonds is 7. The Morgan fingerprint density at radius 3 is 1.70 bits per heavy atom. The molecule has 1 nitrogen and oxygen atoms in total. The Bertz CT molecular complexity index is 3230. The van der Waals surface area contributed by atoms with Crippen molar-refractivity contribution in [3.8, 4) is 55.6 Å². The van der Waals surface area contributed by atoms with Crippen LogP contribution in [-0.4, -0.2) is 0 Å². The topological polar surface area (TPSA) is 3.24 Å². The number of anilines is 3. The van der Waals surface area contributed by atoms with Crippen LogP contribution >= 0.6 is 0 Å². The number of benzene rings is 10. The Hall–Kier alpha value is -7.48. The van der Waals surface area contributed by atoms with Crippen LogP contribution in [0.5, 0.6) is 0 Å². The van der Waals surface area contributed by atoms with Gasteiger partial charge >= 0.3 is 0 Å². The third kappa shape index (κ3) is 5.85. The van der Waals surface area contributed by atoms with Crippen LogP contribution in [0.2, 0.25) is 0 Å². The van der Waals surface area contributed by atoms with E-state index in [0.717, 1.165) is 22.6 Å². The Morgan fingerprint density at radius 2 is 0.883 bits per heavy atom. The van der Waals surface area contributed by atoms with Crippen LogP contribution in [0.3, 0.4) is 0 Å². The first-order valence-electron chi connectivity index (χ1n) is 20.9. The molecule has 0 N–H and O–H groups in total. The number of para-hydroxylation sites is 1. The summed E-state index contributed by atoms with van der Waals surface area (Å²) >= 11 is 0. The molecule has 0 atom stereocenters. The van der Waals surface area contributed by atoms with E-state index in [1.165, 1.54) is 82.7 Å². The molecule has 1 aliphatic rings. The lowest BCUT2D eigenvalue weighted by Gasteiger charge is -2.32. The molecule has 10 aromatic rings. The molecule has 0 bridgehead atoms. The monoisotopic (exact) mass is 765 g/mol. The lowest BCUT2D eigenvalue weighted by Crippen LogP contribution is -2.17. The molecule has 1 aliphatic carbocycles. The molecular formula is C59H43N. The zero-order valence-corrected chi connectivity index (χ0v) is 33.8. The fraction of sp³-hybridized carbons (Fsp3) is 0.0508. The van der Waals surface area contributed by atoms with E-state index in [-0.39, 0.29) is 5.41 Å². The third-order valence-electron chi connectivity index (χ3n) is 12.7. The van der Waals surface area contributed by atoms with E-state index >= 15 is 0 Å². The van der Waals surface area contributed by atoms with Gasteiger partial charge in [0.15, 0.2) is 0 Å². The number of hydrogen-bond donors (Lipinski definition) is 0. The molecule has 11 rings (SSSR count). The summed E-state index contributed by atoms with van der Waals surface area (Å²) in [5.41, 5.74) is 18.0. The van der Waals surface area contributed by atoms with Gasteiger partial charge in [-0.05, 0) is 114 Å². The lowest BCUT2D eigenvalue weighted by molar-refractivity contribution is 0.660. The van der Waals surface area contributed by atoms with Gasteiger partial charge in [-0.25, -0.2) is 0 Å². The fourth-order valence-corrected chi connectivity index (χ4v) is 9.79. The maximum atomic E-state index is 2.53. The first kappa shape index (κ1) is 35.7. The van der Waals surface area contributed by atoms with E-state index in [0.29, 0.717) is 0 Å². The molecule has 0 heterocycles. The normalized spacial score (nSPS) is 12.6. The molecule has 0 unspecified atom stereocenters. The highest BCUT2D eigenvalue weighted by atomic mass is 15.1. The zero-order chi connectivity index (χ0) is 40.2. The molecule has 1 heteroatoms. The zero-order valence-electron chi connectivity index (χ0n) is 33.8. The summed E-state index contributed by atoms with van der Waals surface area (Å²) in [4.78, 5) is 2.53. The van der Waals surface area contributed by atoms with Gasteiger partial charge in [-0.3, -0.25) is 0 Å². The molecular weight excluding hydrogens is 723 g/mol. The molecule has 0 amide bonds. The van der Waals surface area contributed by atoms with Crippen molar-refractivity contribution in [2.45, 2.75) is 19.3 Å². The van der Waals surface area contributed by atoms with Crippen molar-refractivity contribution in [3.05, 3.63) is 236 Å². The number of fused-ring (bicyclic) bond motifs is 6. The predicted octanol–water partition coefficient (Wildman–Crippen LogP) is 16.4. The summed E-state index contributed by atoms with van der Waals surface area (Å²) in [7, 11) is 0. The molecule has 0 saturated carbocycles. The minimum atomic E-state index is -0.161. The van der Waals surface area contributed by atoms with Crippen molar-refractivity contribution in [1.29, 1.82) is 0 Å². The highest BCUT2D eigenvalue weighted by molar-refractivity contribution is 6.16. The van der Waals surface area contributed by atoms with Crippen molar-refractivity contribution >= 4 is 38.6 Å². The van der Waals surface area contributed by atoms with Crippen LogP contribution in [-0.2, 0) is 5.41 Å². The maximum Gasteiger partial charge on any atom is 0.0546 e. The van der Waals surface area contributed by atoms with Crippen LogP contribution in [0.15, 0.2) is 224 Å². The molecule has 10 aromatic carbocycles.